The molecular formula is C23H30N2O6. The lowest BCUT2D eigenvalue weighted by Gasteiger charge is -2.35. The van der Waals surface area contributed by atoms with Crippen LogP contribution in [-0.4, -0.2) is 51.0 Å². The molecule has 0 saturated heterocycles. The minimum atomic E-state index is -1.91. The van der Waals surface area contributed by atoms with Gasteiger partial charge in [0.2, 0.25) is 0 Å². The zero-order valence-corrected chi connectivity index (χ0v) is 18.4. The van der Waals surface area contributed by atoms with E-state index in [0.29, 0.717) is 0 Å². The Balaban J connectivity index is 2.12. The summed E-state index contributed by atoms with van der Waals surface area (Å²) in [7, 11) is 0. The van der Waals surface area contributed by atoms with Crippen molar-refractivity contribution in [3.05, 3.63) is 54.1 Å². The Morgan fingerprint density at radius 1 is 1.10 bits per heavy atom. The number of rotatable bonds is 6. The number of alkyl carbamates (subject to hydrolysis) is 1. The maximum absolute atomic E-state index is 12.8. The highest BCUT2D eigenvalue weighted by molar-refractivity contribution is 5.93. The molecule has 0 aromatic heterocycles. The Morgan fingerprint density at radius 3 is 2.19 bits per heavy atom. The molecule has 0 heterocycles. The van der Waals surface area contributed by atoms with Crippen molar-refractivity contribution in [2.45, 2.75) is 63.8 Å². The number of allylic oxidation sites excluding steroid dienone is 2. The number of carboxylic acids is 1. The van der Waals surface area contributed by atoms with Crippen LogP contribution in [0.4, 0.5) is 4.79 Å². The summed E-state index contributed by atoms with van der Waals surface area (Å²) >= 11 is 0. The first-order chi connectivity index (χ1) is 14.2. The summed E-state index contributed by atoms with van der Waals surface area (Å²) in [5, 5.41) is 25.3. The van der Waals surface area contributed by atoms with Crippen LogP contribution in [-0.2, 0) is 14.3 Å². The molecule has 2 unspecified atom stereocenters. The van der Waals surface area contributed by atoms with Crippen molar-refractivity contribution in [1.29, 1.82) is 0 Å². The van der Waals surface area contributed by atoms with Crippen LogP contribution >= 0.6 is 0 Å². The van der Waals surface area contributed by atoms with E-state index in [-0.39, 0.29) is 6.42 Å². The maximum atomic E-state index is 12.8. The monoisotopic (exact) mass is 430 g/mol. The molecule has 0 bridgehead atoms. The zero-order valence-electron chi connectivity index (χ0n) is 18.4. The maximum Gasteiger partial charge on any atom is 0.408 e. The summed E-state index contributed by atoms with van der Waals surface area (Å²) in [4.78, 5) is 36.8. The van der Waals surface area contributed by atoms with Gasteiger partial charge in [-0.3, -0.25) is 4.79 Å². The average Bonchev–Trinajstić information content (AvgIpc) is 2.64. The number of carboxylic acid groups (broad SMARTS) is 1. The molecule has 1 aliphatic rings. The third-order valence-corrected chi connectivity index (χ3v) is 4.74. The second-order valence-electron chi connectivity index (χ2n) is 9.08. The van der Waals surface area contributed by atoms with E-state index in [0.717, 1.165) is 11.1 Å². The van der Waals surface area contributed by atoms with Crippen molar-refractivity contribution in [3.63, 3.8) is 0 Å². The molecule has 8 heteroatoms. The third-order valence-electron chi connectivity index (χ3n) is 4.74. The highest BCUT2D eigenvalue weighted by Gasteiger charge is 2.43. The van der Waals surface area contributed by atoms with E-state index in [1.54, 1.807) is 32.9 Å². The van der Waals surface area contributed by atoms with Gasteiger partial charge in [-0.15, -0.1) is 0 Å². The molecule has 1 aromatic carbocycles. The lowest BCUT2D eigenvalue weighted by atomic mass is 9.87. The number of hydrogen-bond donors (Lipinski definition) is 4. The molecule has 0 aliphatic heterocycles. The minimum absolute atomic E-state index is 0.0220. The smallest absolute Gasteiger partial charge is 0.408 e. The second kappa shape index (κ2) is 8.93. The molecule has 2 rings (SSSR count). The van der Waals surface area contributed by atoms with Crippen LogP contribution in [0.15, 0.2) is 48.6 Å². The fourth-order valence-corrected chi connectivity index (χ4v) is 3.09. The summed E-state index contributed by atoms with van der Waals surface area (Å²) in [6.45, 7) is 7.93. The first-order valence-corrected chi connectivity index (χ1v) is 9.96. The molecule has 168 valence electrons. The van der Waals surface area contributed by atoms with E-state index >= 15 is 0 Å². The fourth-order valence-electron chi connectivity index (χ4n) is 3.09. The van der Waals surface area contributed by atoms with Gasteiger partial charge >= 0.3 is 12.1 Å². The minimum Gasteiger partial charge on any atom is -0.480 e. The van der Waals surface area contributed by atoms with Gasteiger partial charge in [-0.25, -0.2) is 9.59 Å². The van der Waals surface area contributed by atoms with E-state index in [2.05, 4.69) is 10.6 Å². The van der Waals surface area contributed by atoms with E-state index in [1.807, 2.05) is 30.3 Å². The van der Waals surface area contributed by atoms with Crippen molar-refractivity contribution < 1.29 is 29.3 Å². The van der Waals surface area contributed by atoms with Gasteiger partial charge in [-0.1, -0.05) is 42.5 Å². The van der Waals surface area contributed by atoms with Gasteiger partial charge in [0.05, 0.1) is 5.54 Å². The van der Waals surface area contributed by atoms with Crippen LogP contribution in [0.2, 0.25) is 0 Å². The van der Waals surface area contributed by atoms with Gasteiger partial charge in [-0.05, 0) is 51.8 Å². The SMILES string of the molecule is CC(C)(C)OC(=O)NC(C)(C)C(NC(=O)C1(O)C=CC(c2ccccc2)=CC1)C(=O)O. The number of carbonyl (C=O) groups is 3. The fraction of sp³-hybridized carbons (Fsp3) is 0.435. The molecule has 2 amide bonds. The molecule has 2 atom stereocenters. The largest absolute Gasteiger partial charge is 0.480 e. The van der Waals surface area contributed by atoms with Crippen LogP contribution in [0.25, 0.3) is 5.57 Å². The first kappa shape index (κ1) is 24.1. The topological polar surface area (TPSA) is 125 Å². The number of aliphatic hydroxyl groups is 1. The number of ether oxygens (including phenoxy) is 1. The Labute approximate surface area is 182 Å². The number of hydrogen-bond acceptors (Lipinski definition) is 5. The Hall–Kier alpha value is -3.13. The molecular weight excluding hydrogens is 400 g/mol. The predicted molar refractivity (Wildman–Crippen MR) is 116 cm³/mol. The van der Waals surface area contributed by atoms with Gasteiger partial charge in [0, 0.05) is 6.42 Å². The van der Waals surface area contributed by atoms with Crippen LogP contribution in [0.1, 0.15) is 46.6 Å². The second-order valence-corrected chi connectivity index (χ2v) is 9.08. The van der Waals surface area contributed by atoms with Crippen molar-refractivity contribution in [2.75, 3.05) is 0 Å². The first-order valence-electron chi connectivity index (χ1n) is 9.96. The normalized spacial score (nSPS) is 19.7. The van der Waals surface area contributed by atoms with Gasteiger partial charge in [0.25, 0.3) is 5.91 Å². The highest BCUT2D eigenvalue weighted by atomic mass is 16.6. The number of nitrogens with one attached hydrogen (secondary N) is 2. The number of carbonyl (C=O) groups excluding carboxylic acids is 2. The Bertz CT molecular complexity index is 898. The van der Waals surface area contributed by atoms with Crippen LogP contribution < -0.4 is 10.6 Å². The van der Waals surface area contributed by atoms with Crippen LogP contribution in [0.5, 0.6) is 0 Å². The van der Waals surface area contributed by atoms with Crippen molar-refractivity contribution in [3.8, 4) is 0 Å². The average molecular weight is 431 g/mol. The van der Waals surface area contributed by atoms with Gasteiger partial charge in [0.15, 0.2) is 5.60 Å². The van der Waals surface area contributed by atoms with Gasteiger partial charge in [0.1, 0.15) is 11.6 Å². The summed E-state index contributed by atoms with van der Waals surface area (Å²) in [6, 6.07) is 7.96. The molecule has 0 radical (unpaired) electrons. The lowest BCUT2D eigenvalue weighted by Crippen LogP contribution is -2.64. The van der Waals surface area contributed by atoms with Gasteiger partial charge in [-0.2, -0.15) is 0 Å². The molecule has 8 nitrogen and oxygen atoms in total. The summed E-state index contributed by atoms with van der Waals surface area (Å²) in [5.41, 5.74) is -2.29. The van der Waals surface area contributed by atoms with E-state index in [1.165, 1.54) is 19.9 Å². The highest BCUT2D eigenvalue weighted by Crippen LogP contribution is 2.27. The molecule has 0 saturated carbocycles. The molecule has 0 spiro atoms. The predicted octanol–water partition coefficient (Wildman–Crippen LogP) is 2.63. The standard InChI is InChI=1S/C23H30N2O6/c1-21(2,3)31-20(29)25-22(4,5)17(18(26)27)24-19(28)23(30)13-11-16(12-14-23)15-9-7-6-8-10-15/h6-13,17,30H,14H2,1-5H3,(H,24,28)(H,25,29)(H,26,27). The van der Waals surface area contributed by atoms with E-state index in [4.69, 9.17) is 4.74 Å². The third kappa shape index (κ3) is 6.42. The Morgan fingerprint density at radius 2 is 1.71 bits per heavy atom. The van der Waals surface area contributed by atoms with Crippen LogP contribution in [0.3, 0.4) is 0 Å². The molecule has 31 heavy (non-hydrogen) atoms. The quantitative estimate of drug-likeness (QED) is 0.550. The Kier molecular flexibility index (Phi) is 6.96. The van der Waals surface area contributed by atoms with Crippen molar-refractivity contribution in [2.24, 2.45) is 0 Å². The molecule has 4 N–H and O–H groups in total. The van der Waals surface area contributed by atoms with Crippen molar-refractivity contribution >= 4 is 23.5 Å². The zero-order chi connectivity index (χ0) is 23.4. The van der Waals surface area contributed by atoms with Crippen molar-refractivity contribution in [1.82, 2.24) is 10.6 Å². The number of aliphatic carboxylic acids is 1. The summed E-state index contributed by atoms with van der Waals surface area (Å²) < 4.78 is 5.17. The van der Waals surface area contributed by atoms with Crippen LogP contribution in [0, 0.1) is 0 Å². The molecule has 1 aromatic rings. The van der Waals surface area contributed by atoms with Gasteiger partial charge < -0.3 is 25.6 Å². The number of benzene rings is 1. The summed E-state index contributed by atoms with van der Waals surface area (Å²) in [6.07, 6.45) is 3.85. The molecule has 1 aliphatic carbocycles. The van der Waals surface area contributed by atoms with E-state index < -0.39 is 40.8 Å². The number of amides is 2. The molecule has 0 fully saturated rings. The summed E-state index contributed by atoms with van der Waals surface area (Å²) in [5.74, 6) is -2.24. The lowest BCUT2D eigenvalue weighted by molar-refractivity contribution is -0.147. The van der Waals surface area contributed by atoms with E-state index in [9.17, 15) is 24.6 Å².